The molecule has 0 aliphatic heterocycles. The largest absolute Gasteiger partial charge is 0.421 e. The fraction of sp³-hybridized carbons (Fsp3) is 0.238. The van der Waals surface area contributed by atoms with Crippen molar-refractivity contribution in [3.05, 3.63) is 71.7 Å². The lowest BCUT2D eigenvalue weighted by Crippen LogP contribution is -2.12. The molecule has 0 amide bonds. The van der Waals surface area contributed by atoms with Crippen LogP contribution in [-0.2, 0) is 6.18 Å². The Balaban J connectivity index is 1.89. The van der Waals surface area contributed by atoms with Gasteiger partial charge in [-0.05, 0) is 54.3 Å². The van der Waals surface area contributed by atoms with Crippen molar-refractivity contribution in [2.75, 3.05) is 10.6 Å². The molecule has 0 saturated carbocycles. The predicted octanol–water partition coefficient (Wildman–Crippen LogP) is 6.64. The molecule has 1 heterocycles. The van der Waals surface area contributed by atoms with Crippen LogP contribution in [-0.4, -0.2) is 9.97 Å². The molecule has 0 radical (unpaired) electrons. The van der Waals surface area contributed by atoms with E-state index in [0.29, 0.717) is 23.5 Å². The Kier molecular flexibility index (Phi) is 6.00. The Morgan fingerprint density at radius 2 is 1.52 bits per heavy atom. The van der Waals surface area contributed by atoms with Gasteiger partial charge in [0.2, 0.25) is 5.95 Å². The number of nitrogens with one attached hydrogen (secondary N) is 2. The van der Waals surface area contributed by atoms with Crippen LogP contribution < -0.4 is 10.6 Å². The van der Waals surface area contributed by atoms with Gasteiger partial charge in [-0.25, -0.2) is 9.37 Å². The van der Waals surface area contributed by atoms with E-state index in [-0.39, 0.29) is 11.8 Å². The highest BCUT2D eigenvalue weighted by atomic mass is 19.4. The Morgan fingerprint density at radius 3 is 2.10 bits per heavy atom. The minimum Gasteiger partial charge on any atom is -0.340 e. The second-order valence-corrected chi connectivity index (χ2v) is 6.64. The molecular formula is C21H20F4N4. The Labute approximate surface area is 166 Å². The highest BCUT2D eigenvalue weighted by Crippen LogP contribution is 2.35. The van der Waals surface area contributed by atoms with Crippen LogP contribution in [0.3, 0.4) is 0 Å². The third kappa shape index (κ3) is 5.22. The predicted molar refractivity (Wildman–Crippen MR) is 105 cm³/mol. The summed E-state index contributed by atoms with van der Waals surface area (Å²) >= 11 is 0. The summed E-state index contributed by atoms with van der Waals surface area (Å²) in [5.41, 5.74) is 1.06. The zero-order valence-corrected chi connectivity index (χ0v) is 15.9. The van der Waals surface area contributed by atoms with Crippen molar-refractivity contribution < 1.29 is 17.6 Å². The average Bonchev–Trinajstić information content (AvgIpc) is 2.69. The molecule has 4 nitrogen and oxygen atoms in total. The van der Waals surface area contributed by atoms with Crippen molar-refractivity contribution in [2.24, 2.45) is 0 Å². The summed E-state index contributed by atoms with van der Waals surface area (Å²) in [6.07, 6.45) is -2.93. The number of benzene rings is 2. The first-order valence-corrected chi connectivity index (χ1v) is 9.10. The van der Waals surface area contributed by atoms with Gasteiger partial charge in [-0.1, -0.05) is 26.0 Å². The summed E-state index contributed by atoms with van der Waals surface area (Å²) in [6.45, 7) is 4.16. The van der Waals surface area contributed by atoms with Crippen molar-refractivity contribution in [3.8, 4) is 0 Å². The Hall–Kier alpha value is -3.16. The smallest absolute Gasteiger partial charge is 0.340 e. The van der Waals surface area contributed by atoms with Crippen LogP contribution in [0.5, 0.6) is 0 Å². The lowest BCUT2D eigenvalue weighted by Gasteiger charge is -2.16. The quantitative estimate of drug-likeness (QED) is 0.453. The number of aromatic nitrogens is 2. The monoisotopic (exact) mass is 404 g/mol. The SMILES string of the molecule is CCC(C)c1ccc(Nc2nc(Nc3ccc(F)cc3)ncc2C(F)(F)F)cc1. The van der Waals surface area contributed by atoms with E-state index in [0.717, 1.165) is 12.0 Å². The number of anilines is 4. The van der Waals surface area contributed by atoms with Gasteiger partial charge in [0.15, 0.2) is 0 Å². The summed E-state index contributed by atoms with van der Waals surface area (Å²) in [6, 6.07) is 12.5. The van der Waals surface area contributed by atoms with Gasteiger partial charge in [-0.3, -0.25) is 0 Å². The van der Waals surface area contributed by atoms with Crippen molar-refractivity contribution >= 4 is 23.1 Å². The summed E-state index contributed by atoms with van der Waals surface area (Å²) in [7, 11) is 0. The Morgan fingerprint density at radius 1 is 0.931 bits per heavy atom. The maximum absolute atomic E-state index is 13.4. The van der Waals surface area contributed by atoms with Crippen molar-refractivity contribution in [2.45, 2.75) is 32.4 Å². The molecule has 1 aromatic heterocycles. The van der Waals surface area contributed by atoms with Crippen LogP contribution in [0.4, 0.5) is 40.7 Å². The van der Waals surface area contributed by atoms with Gasteiger partial charge in [0, 0.05) is 17.6 Å². The van der Waals surface area contributed by atoms with Gasteiger partial charge in [0.25, 0.3) is 0 Å². The standard InChI is InChI=1S/C21H20F4N4/c1-3-13(2)14-4-8-16(9-5-14)27-19-18(21(23,24)25)12-26-20(29-19)28-17-10-6-15(22)7-11-17/h4-13H,3H2,1-2H3,(H2,26,27,28,29). The summed E-state index contributed by atoms with van der Waals surface area (Å²) in [4.78, 5) is 7.72. The van der Waals surface area contributed by atoms with Crippen LogP contribution in [0, 0.1) is 5.82 Å². The van der Waals surface area contributed by atoms with E-state index in [1.54, 1.807) is 12.1 Å². The second-order valence-electron chi connectivity index (χ2n) is 6.64. The number of halogens is 4. The number of hydrogen-bond donors (Lipinski definition) is 2. The highest BCUT2D eigenvalue weighted by Gasteiger charge is 2.35. The average molecular weight is 404 g/mol. The van der Waals surface area contributed by atoms with Crippen molar-refractivity contribution in [3.63, 3.8) is 0 Å². The van der Waals surface area contributed by atoms with Crippen LogP contribution in [0.15, 0.2) is 54.7 Å². The first kappa shape index (κ1) is 20.6. The molecule has 8 heteroatoms. The number of hydrogen-bond acceptors (Lipinski definition) is 4. The summed E-state index contributed by atoms with van der Waals surface area (Å²) in [5, 5.41) is 5.50. The van der Waals surface area contributed by atoms with Gasteiger partial charge in [-0.15, -0.1) is 0 Å². The molecule has 0 aliphatic carbocycles. The first-order valence-electron chi connectivity index (χ1n) is 9.10. The molecule has 0 bridgehead atoms. The molecule has 0 saturated heterocycles. The topological polar surface area (TPSA) is 49.8 Å². The van der Waals surface area contributed by atoms with E-state index in [9.17, 15) is 17.6 Å². The highest BCUT2D eigenvalue weighted by molar-refractivity contribution is 5.63. The zero-order valence-electron chi connectivity index (χ0n) is 15.9. The van der Waals surface area contributed by atoms with E-state index in [1.165, 1.54) is 24.3 Å². The van der Waals surface area contributed by atoms with Gasteiger partial charge >= 0.3 is 6.18 Å². The van der Waals surface area contributed by atoms with E-state index in [4.69, 9.17) is 0 Å². The van der Waals surface area contributed by atoms with Crippen molar-refractivity contribution in [1.82, 2.24) is 9.97 Å². The molecule has 0 spiro atoms. The summed E-state index contributed by atoms with van der Waals surface area (Å²) < 4.78 is 53.2. The van der Waals surface area contributed by atoms with E-state index in [1.807, 2.05) is 12.1 Å². The minimum absolute atomic E-state index is 0.0386. The van der Waals surface area contributed by atoms with Crippen LogP contribution in [0.2, 0.25) is 0 Å². The van der Waals surface area contributed by atoms with Crippen LogP contribution in [0.25, 0.3) is 0 Å². The van der Waals surface area contributed by atoms with E-state index >= 15 is 0 Å². The molecular weight excluding hydrogens is 384 g/mol. The molecule has 0 fully saturated rings. The molecule has 1 atom stereocenters. The number of rotatable bonds is 6. The third-order valence-electron chi connectivity index (χ3n) is 4.55. The molecule has 3 rings (SSSR count). The fourth-order valence-electron chi connectivity index (χ4n) is 2.67. The number of alkyl halides is 3. The van der Waals surface area contributed by atoms with Crippen molar-refractivity contribution in [1.29, 1.82) is 0 Å². The molecule has 2 N–H and O–H groups in total. The molecule has 1 unspecified atom stereocenters. The molecule has 0 aliphatic rings. The normalized spacial score (nSPS) is 12.5. The van der Waals surface area contributed by atoms with Gasteiger partial charge in [0.05, 0.1) is 0 Å². The van der Waals surface area contributed by atoms with E-state index < -0.39 is 17.6 Å². The summed E-state index contributed by atoms with van der Waals surface area (Å²) in [5.74, 6) is -0.468. The lowest BCUT2D eigenvalue weighted by atomic mass is 9.99. The maximum atomic E-state index is 13.4. The number of nitrogens with zero attached hydrogens (tertiary/aromatic N) is 2. The van der Waals surface area contributed by atoms with Gasteiger partial charge in [-0.2, -0.15) is 18.2 Å². The third-order valence-corrected chi connectivity index (χ3v) is 4.55. The second kappa shape index (κ2) is 8.46. The maximum Gasteiger partial charge on any atom is 0.421 e. The molecule has 2 aromatic carbocycles. The van der Waals surface area contributed by atoms with Crippen LogP contribution >= 0.6 is 0 Å². The van der Waals surface area contributed by atoms with Crippen LogP contribution in [0.1, 0.15) is 37.3 Å². The molecule has 152 valence electrons. The fourth-order valence-corrected chi connectivity index (χ4v) is 2.67. The molecule has 29 heavy (non-hydrogen) atoms. The molecule has 3 aromatic rings. The van der Waals surface area contributed by atoms with E-state index in [2.05, 4.69) is 34.4 Å². The van der Waals surface area contributed by atoms with Gasteiger partial charge < -0.3 is 10.6 Å². The minimum atomic E-state index is -4.62. The first-order chi connectivity index (χ1) is 13.8. The van der Waals surface area contributed by atoms with Gasteiger partial charge in [0.1, 0.15) is 17.2 Å². The zero-order chi connectivity index (χ0) is 21.0. The lowest BCUT2D eigenvalue weighted by molar-refractivity contribution is -0.137. The Bertz CT molecular complexity index is 954.